The maximum atomic E-state index is 11.4. The average Bonchev–Trinajstić information content (AvgIpc) is 2.69. The molecule has 0 radical (unpaired) electrons. The quantitative estimate of drug-likeness (QED) is 0.645. The van der Waals surface area contributed by atoms with E-state index in [4.69, 9.17) is 0 Å². The number of ketones is 2. The summed E-state index contributed by atoms with van der Waals surface area (Å²) in [7, 11) is 0. The lowest BCUT2D eigenvalue weighted by molar-refractivity contribution is -0.123. The number of carbonyl (C=O) groups is 2. The van der Waals surface area contributed by atoms with Gasteiger partial charge in [-0.25, -0.2) is 0 Å². The molecule has 1 aromatic carbocycles. The second-order valence-electron chi connectivity index (χ2n) is 3.97. The minimum Gasteiger partial charge on any atom is -0.361 e. The van der Waals surface area contributed by atoms with Crippen LogP contribution < -0.4 is 0 Å². The third-order valence-electron chi connectivity index (χ3n) is 2.49. The number of carbonyl (C=O) groups excluding carboxylic acids is 2. The van der Waals surface area contributed by atoms with Gasteiger partial charge in [-0.05, 0) is 30.7 Å². The van der Waals surface area contributed by atoms with Crippen LogP contribution in [-0.2, 0) is 9.59 Å². The number of hydrogen-bond donors (Lipinski definition) is 1. The van der Waals surface area contributed by atoms with E-state index in [-0.39, 0.29) is 18.0 Å². The van der Waals surface area contributed by atoms with E-state index in [0.717, 1.165) is 16.5 Å². The van der Waals surface area contributed by atoms with E-state index in [1.807, 2.05) is 30.5 Å². The molecule has 1 N–H and O–H groups in total. The Morgan fingerprint density at radius 1 is 1.29 bits per heavy atom. The number of allylic oxidation sites excluding steroid dienone is 1. The third kappa shape index (κ3) is 2.69. The van der Waals surface area contributed by atoms with E-state index in [2.05, 4.69) is 4.98 Å². The minimum absolute atomic E-state index is 0.0289. The van der Waals surface area contributed by atoms with Gasteiger partial charge in [0.25, 0.3) is 0 Å². The maximum absolute atomic E-state index is 11.4. The van der Waals surface area contributed by atoms with Gasteiger partial charge < -0.3 is 4.98 Å². The lowest BCUT2D eigenvalue weighted by Gasteiger charge is -1.91. The van der Waals surface area contributed by atoms with E-state index in [9.17, 15) is 9.59 Å². The Morgan fingerprint density at radius 3 is 2.82 bits per heavy atom. The maximum Gasteiger partial charge on any atom is 0.163 e. The second kappa shape index (κ2) is 4.78. The number of Topliss-reactive ketones (excluding diaryl/α,β-unsaturated/α-hetero) is 1. The molecule has 0 saturated heterocycles. The van der Waals surface area contributed by atoms with Crippen molar-refractivity contribution in [3.05, 3.63) is 42.1 Å². The molecule has 0 aliphatic carbocycles. The number of para-hydroxylation sites is 1. The summed E-state index contributed by atoms with van der Waals surface area (Å²) in [6, 6.07) is 7.86. The molecule has 0 spiro atoms. The lowest BCUT2D eigenvalue weighted by atomic mass is 10.1. The predicted octanol–water partition coefficient (Wildman–Crippen LogP) is 2.73. The van der Waals surface area contributed by atoms with Crippen molar-refractivity contribution >= 4 is 28.5 Å². The molecule has 0 unspecified atom stereocenters. The zero-order valence-corrected chi connectivity index (χ0v) is 9.57. The van der Waals surface area contributed by atoms with Crippen LogP contribution >= 0.6 is 0 Å². The zero-order valence-electron chi connectivity index (χ0n) is 9.57. The van der Waals surface area contributed by atoms with Crippen molar-refractivity contribution in [3.8, 4) is 0 Å². The van der Waals surface area contributed by atoms with Crippen molar-refractivity contribution in [1.82, 2.24) is 4.98 Å². The van der Waals surface area contributed by atoms with E-state index in [1.165, 1.54) is 13.0 Å². The van der Waals surface area contributed by atoms with Crippen molar-refractivity contribution in [2.75, 3.05) is 0 Å². The largest absolute Gasteiger partial charge is 0.361 e. The van der Waals surface area contributed by atoms with Crippen LogP contribution in [0.25, 0.3) is 17.0 Å². The summed E-state index contributed by atoms with van der Waals surface area (Å²) in [4.78, 5) is 25.3. The van der Waals surface area contributed by atoms with E-state index >= 15 is 0 Å². The summed E-state index contributed by atoms with van der Waals surface area (Å²) in [5.41, 5.74) is 1.99. The lowest BCUT2D eigenvalue weighted by Crippen LogP contribution is -1.99. The van der Waals surface area contributed by atoms with Gasteiger partial charge >= 0.3 is 0 Å². The summed E-state index contributed by atoms with van der Waals surface area (Å²) in [6.07, 6.45) is 5.02. The zero-order chi connectivity index (χ0) is 12.3. The highest BCUT2D eigenvalue weighted by Crippen LogP contribution is 2.18. The first-order valence-corrected chi connectivity index (χ1v) is 5.43. The van der Waals surface area contributed by atoms with Crippen LogP contribution in [0.2, 0.25) is 0 Å². The molecule has 3 heteroatoms. The molecule has 0 aliphatic rings. The van der Waals surface area contributed by atoms with Crippen molar-refractivity contribution < 1.29 is 9.59 Å². The fourth-order valence-electron chi connectivity index (χ4n) is 1.72. The third-order valence-corrected chi connectivity index (χ3v) is 2.49. The molecule has 86 valence electrons. The van der Waals surface area contributed by atoms with Gasteiger partial charge in [-0.1, -0.05) is 18.2 Å². The molecule has 0 amide bonds. The molecule has 0 aliphatic heterocycles. The molecule has 2 rings (SSSR count). The van der Waals surface area contributed by atoms with E-state index in [0.29, 0.717) is 0 Å². The van der Waals surface area contributed by atoms with Crippen LogP contribution in [0.1, 0.15) is 18.9 Å². The smallest absolute Gasteiger partial charge is 0.163 e. The molecular weight excluding hydrogens is 214 g/mol. The molecule has 0 bridgehead atoms. The Bertz CT molecular complexity index is 593. The van der Waals surface area contributed by atoms with Crippen LogP contribution in [0.4, 0.5) is 0 Å². The molecule has 1 aromatic heterocycles. The Labute approximate surface area is 99.1 Å². The highest BCUT2D eigenvalue weighted by Gasteiger charge is 2.02. The van der Waals surface area contributed by atoms with Gasteiger partial charge in [-0.2, -0.15) is 0 Å². The molecular formula is C14H13NO2. The molecule has 0 saturated carbocycles. The van der Waals surface area contributed by atoms with Crippen LogP contribution in [0.15, 0.2) is 36.5 Å². The monoisotopic (exact) mass is 227 g/mol. The number of aromatic amines is 1. The Kier molecular flexibility index (Phi) is 3.19. The van der Waals surface area contributed by atoms with Crippen molar-refractivity contribution in [2.45, 2.75) is 13.3 Å². The molecule has 2 aromatic rings. The molecule has 0 atom stereocenters. The van der Waals surface area contributed by atoms with Gasteiger partial charge in [-0.3, -0.25) is 9.59 Å². The number of aromatic nitrogens is 1. The van der Waals surface area contributed by atoms with E-state index < -0.39 is 0 Å². The Balaban J connectivity index is 2.21. The number of rotatable bonds is 4. The van der Waals surface area contributed by atoms with Crippen molar-refractivity contribution in [3.63, 3.8) is 0 Å². The highest BCUT2D eigenvalue weighted by atomic mass is 16.1. The average molecular weight is 227 g/mol. The molecule has 0 fully saturated rings. The first-order chi connectivity index (χ1) is 8.16. The normalized spacial score (nSPS) is 11.1. The van der Waals surface area contributed by atoms with Gasteiger partial charge in [0.1, 0.15) is 5.78 Å². The summed E-state index contributed by atoms with van der Waals surface area (Å²) in [6.45, 7) is 1.41. The van der Waals surface area contributed by atoms with Gasteiger partial charge in [0.15, 0.2) is 5.78 Å². The number of benzene rings is 1. The van der Waals surface area contributed by atoms with Crippen LogP contribution in [-0.4, -0.2) is 16.6 Å². The topological polar surface area (TPSA) is 49.9 Å². The predicted molar refractivity (Wildman–Crippen MR) is 67.6 cm³/mol. The van der Waals surface area contributed by atoms with E-state index in [1.54, 1.807) is 6.08 Å². The fourth-order valence-corrected chi connectivity index (χ4v) is 1.72. The Hall–Kier alpha value is -2.16. The summed E-state index contributed by atoms with van der Waals surface area (Å²) >= 11 is 0. The number of nitrogens with one attached hydrogen (secondary N) is 1. The second-order valence-corrected chi connectivity index (χ2v) is 3.97. The highest BCUT2D eigenvalue weighted by molar-refractivity contribution is 6.06. The molecule has 17 heavy (non-hydrogen) atoms. The van der Waals surface area contributed by atoms with Gasteiger partial charge in [0, 0.05) is 17.1 Å². The van der Waals surface area contributed by atoms with Gasteiger partial charge in [-0.15, -0.1) is 0 Å². The fraction of sp³-hybridized carbons (Fsp3) is 0.143. The van der Waals surface area contributed by atoms with Crippen molar-refractivity contribution in [1.29, 1.82) is 0 Å². The number of fused-ring (bicyclic) bond motifs is 1. The minimum atomic E-state index is -0.164. The molecule has 3 nitrogen and oxygen atoms in total. The summed E-state index contributed by atoms with van der Waals surface area (Å²) < 4.78 is 0. The standard InChI is InChI=1S/C14H13NO2/c1-10(16)8-12(17)7-6-11-9-15-14-5-3-2-4-13(11)14/h2-7,9,15H,8H2,1H3. The number of hydrogen-bond acceptors (Lipinski definition) is 2. The van der Waals surface area contributed by atoms with Gasteiger partial charge in [0.2, 0.25) is 0 Å². The van der Waals surface area contributed by atoms with Gasteiger partial charge in [0.05, 0.1) is 6.42 Å². The summed E-state index contributed by atoms with van der Waals surface area (Å²) in [5, 5.41) is 1.07. The van der Waals surface area contributed by atoms with Crippen LogP contribution in [0.5, 0.6) is 0 Å². The van der Waals surface area contributed by atoms with Crippen molar-refractivity contribution in [2.24, 2.45) is 0 Å². The first kappa shape index (κ1) is 11.3. The SMILES string of the molecule is CC(=O)CC(=O)C=Cc1c[nH]c2ccccc12. The first-order valence-electron chi connectivity index (χ1n) is 5.43. The van der Waals surface area contributed by atoms with Crippen LogP contribution in [0, 0.1) is 0 Å². The summed E-state index contributed by atoms with van der Waals surface area (Å²) in [5.74, 6) is -0.277. The van der Waals surface area contributed by atoms with Crippen LogP contribution in [0.3, 0.4) is 0 Å². The Morgan fingerprint density at radius 2 is 2.06 bits per heavy atom. The molecule has 1 heterocycles. The number of H-pyrrole nitrogens is 1.